The molecule has 1 aromatic carbocycles. The Hall–Kier alpha value is -2.01. The minimum atomic E-state index is 0.416. The third kappa shape index (κ3) is 2.88. The maximum Gasteiger partial charge on any atom is 0.166 e. The summed E-state index contributed by atoms with van der Waals surface area (Å²) >= 11 is 0. The molecule has 0 fully saturated rings. The first-order valence-electron chi connectivity index (χ1n) is 6.27. The van der Waals surface area contributed by atoms with E-state index in [0.29, 0.717) is 24.7 Å². The minimum Gasteiger partial charge on any atom is -0.493 e. The number of aryl methyl sites for hydroxylation is 1. The summed E-state index contributed by atoms with van der Waals surface area (Å²) in [6.07, 6.45) is 3.60. The lowest BCUT2D eigenvalue weighted by atomic mass is 10.2. The van der Waals surface area contributed by atoms with Crippen molar-refractivity contribution in [2.45, 2.75) is 26.6 Å². The minimum absolute atomic E-state index is 0.416. The van der Waals surface area contributed by atoms with Crippen LogP contribution in [0, 0.1) is 0 Å². The molecule has 19 heavy (non-hydrogen) atoms. The van der Waals surface area contributed by atoms with Gasteiger partial charge >= 0.3 is 0 Å². The highest BCUT2D eigenvalue weighted by molar-refractivity contribution is 5.46. The van der Waals surface area contributed by atoms with Crippen molar-refractivity contribution in [3.8, 4) is 11.5 Å². The van der Waals surface area contributed by atoms with Gasteiger partial charge in [0.05, 0.1) is 25.3 Å². The van der Waals surface area contributed by atoms with E-state index in [1.807, 2.05) is 22.8 Å². The topological polar surface area (TPSA) is 62.3 Å². The summed E-state index contributed by atoms with van der Waals surface area (Å²) in [5.74, 6) is 1.40. The number of nitrogens with two attached hydrogens (primary N) is 1. The number of nitrogens with zero attached hydrogens (tertiary/aromatic N) is 2. The SMILES string of the molecule is CCn1cncc1COc1c(CN)cccc1OC. The fraction of sp³-hybridized carbons (Fsp3) is 0.357. The Kier molecular flexibility index (Phi) is 4.41. The molecule has 5 nitrogen and oxygen atoms in total. The molecule has 1 heterocycles. The van der Waals surface area contributed by atoms with Gasteiger partial charge in [-0.1, -0.05) is 12.1 Å². The second kappa shape index (κ2) is 6.24. The Bertz CT molecular complexity index is 515. The second-order valence-electron chi connectivity index (χ2n) is 4.11. The molecule has 0 aliphatic heterocycles. The number of para-hydroxylation sites is 1. The fourth-order valence-electron chi connectivity index (χ4n) is 1.95. The van der Waals surface area contributed by atoms with Gasteiger partial charge < -0.3 is 19.8 Å². The molecular weight excluding hydrogens is 242 g/mol. The van der Waals surface area contributed by atoms with Gasteiger partial charge in [-0.2, -0.15) is 0 Å². The Labute approximate surface area is 113 Å². The predicted molar refractivity (Wildman–Crippen MR) is 73.1 cm³/mol. The van der Waals surface area contributed by atoms with Crippen molar-refractivity contribution in [2.24, 2.45) is 5.73 Å². The lowest BCUT2D eigenvalue weighted by Crippen LogP contribution is -2.07. The molecule has 0 radical (unpaired) electrons. The Morgan fingerprint density at radius 2 is 2.21 bits per heavy atom. The van der Waals surface area contributed by atoms with Gasteiger partial charge in [-0.3, -0.25) is 0 Å². The first-order chi connectivity index (χ1) is 9.30. The number of hydrogen-bond acceptors (Lipinski definition) is 4. The molecule has 1 aromatic heterocycles. The number of ether oxygens (including phenoxy) is 2. The molecule has 0 atom stereocenters. The third-order valence-electron chi connectivity index (χ3n) is 3.00. The summed E-state index contributed by atoms with van der Waals surface area (Å²) in [7, 11) is 1.62. The van der Waals surface area contributed by atoms with E-state index in [1.165, 1.54) is 0 Å². The first-order valence-corrected chi connectivity index (χ1v) is 6.27. The summed E-state index contributed by atoms with van der Waals surface area (Å²) < 4.78 is 13.2. The number of hydrogen-bond donors (Lipinski definition) is 1. The van der Waals surface area contributed by atoms with E-state index in [1.54, 1.807) is 19.6 Å². The molecule has 0 bridgehead atoms. The summed E-state index contributed by atoms with van der Waals surface area (Å²) in [6, 6.07) is 5.71. The first kappa shape index (κ1) is 13.4. The lowest BCUT2D eigenvalue weighted by Gasteiger charge is -2.14. The highest BCUT2D eigenvalue weighted by Crippen LogP contribution is 2.31. The maximum absolute atomic E-state index is 5.87. The number of rotatable bonds is 6. The van der Waals surface area contributed by atoms with Crippen molar-refractivity contribution < 1.29 is 9.47 Å². The average molecular weight is 261 g/mol. The normalized spacial score (nSPS) is 10.5. The van der Waals surface area contributed by atoms with Crippen LogP contribution in [0.3, 0.4) is 0 Å². The van der Waals surface area contributed by atoms with Crippen LogP contribution in [0.2, 0.25) is 0 Å². The largest absolute Gasteiger partial charge is 0.493 e. The molecule has 0 saturated carbocycles. The van der Waals surface area contributed by atoms with Crippen molar-refractivity contribution in [3.63, 3.8) is 0 Å². The molecular formula is C14H19N3O2. The van der Waals surface area contributed by atoms with Crippen molar-refractivity contribution in [1.29, 1.82) is 0 Å². The highest BCUT2D eigenvalue weighted by Gasteiger charge is 2.10. The van der Waals surface area contributed by atoms with Crippen LogP contribution < -0.4 is 15.2 Å². The molecule has 0 aliphatic rings. The van der Waals surface area contributed by atoms with E-state index in [9.17, 15) is 0 Å². The van der Waals surface area contributed by atoms with Gasteiger partial charge in [0, 0.05) is 18.7 Å². The van der Waals surface area contributed by atoms with Crippen LogP contribution in [0.4, 0.5) is 0 Å². The fourth-order valence-corrected chi connectivity index (χ4v) is 1.95. The van der Waals surface area contributed by atoms with Crippen molar-refractivity contribution in [1.82, 2.24) is 9.55 Å². The van der Waals surface area contributed by atoms with Crippen molar-refractivity contribution in [3.05, 3.63) is 42.0 Å². The van der Waals surface area contributed by atoms with Crippen LogP contribution in [0.1, 0.15) is 18.2 Å². The van der Waals surface area contributed by atoms with Gasteiger partial charge in [0.25, 0.3) is 0 Å². The highest BCUT2D eigenvalue weighted by atomic mass is 16.5. The standard InChI is InChI=1S/C14H19N3O2/c1-3-17-10-16-8-12(17)9-19-14-11(7-15)5-4-6-13(14)18-2/h4-6,8,10H,3,7,9,15H2,1-2H3. The summed E-state index contributed by atoms with van der Waals surface area (Å²) in [5.41, 5.74) is 7.68. The van der Waals surface area contributed by atoms with Crippen LogP contribution in [0.15, 0.2) is 30.7 Å². The molecule has 5 heteroatoms. The van der Waals surface area contributed by atoms with E-state index in [0.717, 1.165) is 17.8 Å². The van der Waals surface area contributed by atoms with Gasteiger partial charge in [0.1, 0.15) is 6.61 Å². The van der Waals surface area contributed by atoms with Crippen LogP contribution in [0.5, 0.6) is 11.5 Å². The summed E-state index contributed by atoms with van der Waals surface area (Å²) in [6.45, 7) is 3.80. The monoisotopic (exact) mass is 261 g/mol. The molecule has 0 unspecified atom stereocenters. The van der Waals surface area contributed by atoms with Gasteiger partial charge in [0.15, 0.2) is 11.5 Å². The van der Waals surface area contributed by atoms with Crippen LogP contribution >= 0.6 is 0 Å². The molecule has 0 saturated heterocycles. The Morgan fingerprint density at radius 3 is 2.89 bits per heavy atom. The zero-order chi connectivity index (χ0) is 13.7. The van der Waals surface area contributed by atoms with Crippen molar-refractivity contribution >= 4 is 0 Å². The molecule has 2 aromatic rings. The lowest BCUT2D eigenvalue weighted by molar-refractivity contribution is 0.273. The smallest absolute Gasteiger partial charge is 0.166 e. The Balaban J connectivity index is 2.19. The molecule has 0 spiro atoms. The Morgan fingerprint density at radius 1 is 1.37 bits per heavy atom. The second-order valence-corrected chi connectivity index (χ2v) is 4.11. The van der Waals surface area contributed by atoms with Gasteiger partial charge in [-0.15, -0.1) is 0 Å². The van der Waals surface area contributed by atoms with Crippen LogP contribution in [0.25, 0.3) is 0 Å². The quantitative estimate of drug-likeness (QED) is 0.863. The molecule has 0 aliphatic carbocycles. The number of methoxy groups -OCH3 is 1. The number of imidazole rings is 1. The van der Waals surface area contributed by atoms with Gasteiger partial charge in [-0.05, 0) is 13.0 Å². The van der Waals surface area contributed by atoms with Gasteiger partial charge in [-0.25, -0.2) is 4.98 Å². The van der Waals surface area contributed by atoms with Crippen LogP contribution in [-0.4, -0.2) is 16.7 Å². The van der Waals surface area contributed by atoms with Crippen molar-refractivity contribution in [2.75, 3.05) is 7.11 Å². The number of benzene rings is 1. The molecule has 2 rings (SSSR count). The van der Waals surface area contributed by atoms with Crippen LogP contribution in [-0.2, 0) is 19.7 Å². The zero-order valence-corrected chi connectivity index (χ0v) is 11.3. The van der Waals surface area contributed by atoms with E-state index in [-0.39, 0.29) is 0 Å². The maximum atomic E-state index is 5.87. The van der Waals surface area contributed by atoms with E-state index in [2.05, 4.69) is 11.9 Å². The zero-order valence-electron chi connectivity index (χ0n) is 11.3. The summed E-state index contributed by atoms with van der Waals surface area (Å²) in [4.78, 5) is 4.12. The molecule has 2 N–H and O–H groups in total. The average Bonchev–Trinajstić information content (AvgIpc) is 2.91. The van der Waals surface area contributed by atoms with E-state index < -0.39 is 0 Å². The molecule has 0 amide bonds. The van der Waals surface area contributed by atoms with Gasteiger partial charge in [0.2, 0.25) is 0 Å². The third-order valence-corrected chi connectivity index (χ3v) is 3.00. The predicted octanol–water partition coefficient (Wildman–Crippen LogP) is 1.95. The molecule has 102 valence electrons. The number of aromatic nitrogens is 2. The van der Waals surface area contributed by atoms with E-state index >= 15 is 0 Å². The summed E-state index contributed by atoms with van der Waals surface area (Å²) in [5, 5.41) is 0. The van der Waals surface area contributed by atoms with E-state index in [4.69, 9.17) is 15.2 Å².